The summed E-state index contributed by atoms with van der Waals surface area (Å²) in [7, 11) is 0. The van der Waals surface area contributed by atoms with Crippen molar-refractivity contribution in [3.8, 4) is 0 Å². The zero-order valence-corrected chi connectivity index (χ0v) is 17.4. The van der Waals surface area contributed by atoms with Crippen LogP contribution in [0.25, 0.3) is 0 Å². The average Bonchev–Trinajstić information content (AvgIpc) is 2.64. The van der Waals surface area contributed by atoms with Gasteiger partial charge in [-0.05, 0) is 32.2 Å². The maximum Gasteiger partial charge on any atom is 0.326 e. The number of carbonyl (C=O) groups is 3. The summed E-state index contributed by atoms with van der Waals surface area (Å²) in [6.45, 7) is 4.59. The second kappa shape index (κ2) is 16.7. The van der Waals surface area contributed by atoms with E-state index in [0.29, 0.717) is 25.8 Å². The lowest BCUT2D eigenvalue weighted by Gasteiger charge is -2.27. The first-order chi connectivity index (χ1) is 13.0. The molecule has 0 aliphatic rings. The number of hydrogen-bond acceptors (Lipinski definition) is 4. The summed E-state index contributed by atoms with van der Waals surface area (Å²) in [5, 5.41) is 9.56. The van der Waals surface area contributed by atoms with Gasteiger partial charge in [-0.2, -0.15) is 0 Å². The van der Waals surface area contributed by atoms with Crippen LogP contribution >= 0.6 is 0 Å². The molecule has 3 N–H and O–H groups in total. The Labute approximate surface area is 164 Å². The largest absolute Gasteiger partial charge is 0.480 e. The molecule has 0 rings (SSSR count). The first kappa shape index (κ1) is 25.6. The van der Waals surface area contributed by atoms with E-state index in [1.165, 1.54) is 0 Å². The summed E-state index contributed by atoms with van der Waals surface area (Å²) in [6, 6.07) is -1.10. The standard InChI is InChI=1S/C21H40N2O4/c1-3-5-7-9-11-15-19(24)23(18(21(26)27)14-13-17-22)20(25)16-12-10-8-6-4-2/h18H,3-17,22H2,1-2H3,(H,26,27)/t18-/m0/s1. The fourth-order valence-corrected chi connectivity index (χ4v) is 3.16. The van der Waals surface area contributed by atoms with Gasteiger partial charge < -0.3 is 10.8 Å². The third-order valence-corrected chi connectivity index (χ3v) is 4.80. The van der Waals surface area contributed by atoms with Crippen LogP contribution in [0.2, 0.25) is 0 Å². The van der Waals surface area contributed by atoms with Gasteiger partial charge in [0.25, 0.3) is 0 Å². The smallest absolute Gasteiger partial charge is 0.326 e. The Kier molecular flexibility index (Phi) is 15.8. The summed E-state index contributed by atoms with van der Waals surface area (Å²) in [4.78, 5) is 38.1. The van der Waals surface area contributed by atoms with Gasteiger partial charge in [0.05, 0.1) is 0 Å². The second-order valence-corrected chi connectivity index (χ2v) is 7.27. The zero-order valence-electron chi connectivity index (χ0n) is 17.4. The SMILES string of the molecule is CCCCCCCC(=O)N(C(=O)CCCCCCC)[C@@H](CCCN)C(=O)O. The lowest BCUT2D eigenvalue weighted by atomic mass is 10.0. The van der Waals surface area contributed by atoms with Crippen LogP contribution < -0.4 is 5.73 Å². The third-order valence-electron chi connectivity index (χ3n) is 4.80. The van der Waals surface area contributed by atoms with Crippen LogP contribution in [0.15, 0.2) is 0 Å². The molecule has 0 saturated carbocycles. The van der Waals surface area contributed by atoms with E-state index in [0.717, 1.165) is 56.3 Å². The van der Waals surface area contributed by atoms with Crippen LogP contribution in [0.1, 0.15) is 104 Å². The number of carboxylic acids is 1. The number of unbranched alkanes of at least 4 members (excludes halogenated alkanes) is 8. The monoisotopic (exact) mass is 384 g/mol. The lowest BCUT2D eigenvalue weighted by Crippen LogP contribution is -2.48. The molecule has 0 fully saturated rings. The average molecular weight is 385 g/mol. The molecule has 6 nitrogen and oxygen atoms in total. The third kappa shape index (κ3) is 11.8. The first-order valence-electron chi connectivity index (χ1n) is 10.8. The molecule has 6 heteroatoms. The molecule has 0 spiro atoms. The number of imide groups is 1. The molecule has 0 radical (unpaired) electrons. The van der Waals surface area contributed by atoms with Crippen molar-refractivity contribution in [3.05, 3.63) is 0 Å². The molecule has 0 heterocycles. The van der Waals surface area contributed by atoms with Crippen molar-refractivity contribution in [2.24, 2.45) is 5.73 Å². The fraction of sp³-hybridized carbons (Fsp3) is 0.857. The van der Waals surface area contributed by atoms with Crippen molar-refractivity contribution in [3.63, 3.8) is 0 Å². The molecule has 0 unspecified atom stereocenters. The number of rotatable bonds is 17. The molecule has 158 valence electrons. The number of aliphatic carboxylic acids is 1. The molecule has 0 aromatic heterocycles. The van der Waals surface area contributed by atoms with Gasteiger partial charge in [0.1, 0.15) is 6.04 Å². The minimum Gasteiger partial charge on any atom is -0.480 e. The fourth-order valence-electron chi connectivity index (χ4n) is 3.16. The summed E-state index contributed by atoms with van der Waals surface area (Å²) < 4.78 is 0. The summed E-state index contributed by atoms with van der Waals surface area (Å²) in [5.74, 6) is -1.83. The van der Waals surface area contributed by atoms with E-state index in [-0.39, 0.29) is 31.1 Å². The Morgan fingerprint density at radius 1 is 0.778 bits per heavy atom. The minimum atomic E-state index is -1.12. The molecule has 0 bridgehead atoms. The Balaban J connectivity index is 4.87. The van der Waals surface area contributed by atoms with E-state index in [1.807, 2.05) is 0 Å². The second-order valence-electron chi connectivity index (χ2n) is 7.27. The van der Waals surface area contributed by atoms with Crippen molar-refractivity contribution >= 4 is 17.8 Å². The quantitative estimate of drug-likeness (QED) is 0.365. The molecule has 0 aliphatic heterocycles. The van der Waals surface area contributed by atoms with Gasteiger partial charge in [0.15, 0.2) is 0 Å². The van der Waals surface area contributed by atoms with E-state index < -0.39 is 12.0 Å². The van der Waals surface area contributed by atoms with Crippen molar-refractivity contribution in [2.75, 3.05) is 6.54 Å². The van der Waals surface area contributed by atoms with Crippen LogP contribution in [0, 0.1) is 0 Å². The van der Waals surface area contributed by atoms with E-state index >= 15 is 0 Å². The highest BCUT2D eigenvalue weighted by Crippen LogP contribution is 2.16. The molecule has 0 aromatic carbocycles. The molecule has 0 aliphatic carbocycles. The molecule has 1 atom stereocenters. The first-order valence-corrected chi connectivity index (χ1v) is 10.8. The molecule has 0 aromatic rings. The van der Waals surface area contributed by atoms with Crippen LogP contribution in [-0.2, 0) is 14.4 Å². The molecule has 2 amide bonds. The molecular formula is C21H40N2O4. The zero-order chi connectivity index (χ0) is 20.5. The van der Waals surface area contributed by atoms with Crippen LogP contribution in [0.4, 0.5) is 0 Å². The summed E-state index contributed by atoms with van der Waals surface area (Å²) >= 11 is 0. The van der Waals surface area contributed by atoms with Gasteiger partial charge in [-0.3, -0.25) is 14.5 Å². The maximum atomic E-state index is 12.7. The number of carboxylic acid groups (broad SMARTS) is 1. The van der Waals surface area contributed by atoms with Gasteiger partial charge in [-0.1, -0.05) is 65.2 Å². The highest BCUT2D eigenvalue weighted by Gasteiger charge is 2.33. The lowest BCUT2D eigenvalue weighted by molar-refractivity contribution is -0.158. The van der Waals surface area contributed by atoms with Crippen molar-refractivity contribution in [2.45, 2.75) is 110 Å². The number of hydrogen-bond donors (Lipinski definition) is 2. The van der Waals surface area contributed by atoms with Gasteiger partial charge in [-0.25, -0.2) is 4.79 Å². The van der Waals surface area contributed by atoms with Gasteiger partial charge >= 0.3 is 5.97 Å². The Morgan fingerprint density at radius 3 is 1.59 bits per heavy atom. The molecule has 0 saturated heterocycles. The highest BCUT2D eigenvalue weighted by atomic mass is 16.4. The Morgan fingerprint density at radius 2 is 1.22 bits per heavy atom. The van der Waals surface area contributed by atoms with Crippen molar-refractivity contribution in [1.29, 1.82) is 0 Å². The van der Waals surface area contributed by atoms with Crippen molar-refractivity contribution in [1.82, 2.24) is 4.90 Å². The molecule has 27 heavy (non-hydrogen) atoms. The maximum absolute atomic E-state index is 12.7. The van der Waals surface area contributed by atoms with Gasteiger partial charge in [0, 0.05) is 12.8 Å². The van der Waals surface area contributed by atoms with E-state index in [9.17, 15) is 19.5 Å². The predicted octanol–water partition coefficient (Wildman–Crippen LogP) is 4.25. The van der Waals surface area contributed by atoms with E-state index in [2.05, 4.69) is 13.8 Å². The number of nitrogens with two attached hydrogens (primary N) is 1. The Bertz CT molecular complexity index is 400. The number of amides is 2. The van der Waals surface area contributed by atoms with Crippen molar-refractivity contribution < 1.29 is 19.5 Å². The van der Waals surface area contributed by atoms with E-state index in [1.54, 1.807) is 0 Å². The van der Waals surface area contributed by atoms with Crippen LogP contribution in [-0.4, -0.2) is 40.4 Å². The summed E-state index contributed by atoms with van der Waals surface area (Å²) in [6.07, 6.45) is 11.0. The van der Waals surface area contributed by atoms with Crippen LogP contribution in [0.5, 0.6) is 0 Å². The summed E-state index contributed by atoms with van der Waals surface area (Å²) in [5.41, 5.74) is 5.50. The minimum absolute atomic E-state index is 0.217. The molecular weight excluding hydrogens is 344 g/mol. The normalized spacial score (nSPS) is 12.0. The Hall–Kier alpha value is -1.43. The van der Waals surface area contributed by atoms with Crippen LogP contribution in [0.3, 0.4) is 0 Å². The van der Waals surface area contributed by atoms with E-state index in [4.69, 9.17) is 5.73 Å². The topological polar surface area (TPSA) is 101 Å². The van der Waals surface area contributed by atoms with Gasteiger partial charge in [0.2, 0.25) is 11.8 Å². The highest BCUT2D eigenvalue weighted by molar-refractivity contribution is 5.99. The number of nitrogens with zero attached hydrogens (tertiary/aromatic N) is 1. The predicted molar refractivity (Wildman–Crippen MR) is 108 cm³/mol. The number of carbonyl (C=O) groups excluding carboxylic acids is 2. The van der Waals surface area contributed by atoms with Gasteiger partial charge in [-0.15, -0.1) is 0 Å².